The van der Waals surface area contributed by atoms with Crippen LogP contribution in [-0.4, -0.2) is 13.2 Å². The van der Waals surface area contributed by atoms with E-state index in [4.69, 9.17) is 4.74 Å². The van der Waals surface area contributed by atoms with Crippen LogP contribution in [0.25, 0.3) is 0 Å². The highest BCUT2D eigenvalue weighted by atomic mass is 16.5. The van der Waals surface area contributed by atoms with Gasteiger partial charge in [-0.3, -0.25) is 0 Å². The van der Waals surface area contributed by atoms with Crippen molar-refractivity contribution in [3.63, 3.8) is 0 Å². The highest BCUT2D eigenvalue weighted by Crippen LogP contribution is 2.19. The predicted octanol–water partition coefficient (Wildman–Crippen LogP) is 2.19. The van der Waals surface area contributed by atoms with Crippen molar-refractivity contribution in [3.8, 4) is 0 Å². The molecule has 2 rings (SSSR count). The molecule has 0 aromatic rings. The predicted molar refractivity (Wildman–Crippen MR) is 50.7 cm³/mol. The van der Waals surface area contributed by atoms with Gasteiger partial charge < -0.3 is 10.1 Å². The highest BCUT2D eigenvalue weighted by molar-refractivity contribution is 5.28. The molecule has 0 radical (unpaired) electrons. The standard InChI is InChI=1S/C8H11NO.C2H6/c1-2-4-8-7(3-1)9-5-6-10-8;1-2/h3-4,9H,1-2,5-6H2;1-2H3. The first-order valence-corrected chi connectivity index (χ1v) is 4.74. The lowest BCUT2D eigenvalue weighted by Gasteiger charge is -2.23. The summed E-state index contributed by atoms with van der Waals surface area (Å²) in [6.07, 6.45) is 6.63. The number of hydrogen-bond donors (Lipinski definition) is 1. The molecular formula is C10H17NO. The summed E-state index contributed by atoms with van der Waals surface area (Å²) in [6, 6.07) is 0. The zero-order chi connectivity index (χ0) is 8.81. The minimum atomic E-state index is 0.809. The Morgan fingerprint density at radius 1 is 1.25 bits per heavy atom. The normalized spacial score (nSPS) is 19.8. The Morgan fingerprint density at radius 3 is 2.75 bits per heavy atom. The molecular weight excluding hydrogens is 150 g/mol. The molecule has 2 aliphatic rings. The van der Waals surface area contributed by atoms with Crippen LogP contribution < -0.4 is 5.32 Å². The molecule has 1 N–H and O–H groups in total. The van der Waals surface area contributed by atoms with Gasteiger partial charge in [0, 0.05) is 6.54 Å². The Hall–Kier alpha value is -0.920. The number of allylic oxidation sites excluding steroid dienone is 2. The fraction of sp³-hybridized carbons (Fsp3) is 0.600. The first kappa shape index (κ1) is 9.17. The molecule has 2 heteroatoms. The molecule has 12 heavy (non-hydrogen) atoms. The van der Waals surface area contributed by atoms with Crippen molar-refractivity contribution in [3.05, 3.63) is 23.6 Å². The van der Waals surface area contributed by atoms with Crippen LogP contribution in [0.15, 0.2) is 23.6 Å². The zero-order valence-corrected chi connectivity index (χ0v) is 7.89. The van der Waals surface area contributed by atoms with Gasteiger partial charge in [0.25, 0.3) is 0 Å². The Labute approximate surface area is 74.3 Å². The topological polar surface area (TPSA) is 21.3 Å². The van der Waals surface area contributed by atoms with Crippen molar-refractivity contribution in [1.82, 2.24) is 5.32 Å². The number of morpholine rings is 1. The van der Waals surface area contributed by atoms with Crippen molar-refractivity contribution in [1.29, 1.82) is 0 Å². The van der Waals surface area contributed by atoms with E-state index >= 15 is 0 Å². The van der Waals surface area contributed by atoms with Crippen LogP contribution in [0.2, 0.25) is 0 Å². The van der Waals surface area contributed by atoms with Gasteiger partial charge in [0.15, 0.2) is 0 Å². The summed E-state index contributed by atoms with van der Waals surface area (Å²) < 4.78 is 5.41. The molecule has 68 valence electrons. The molecule has 0 atom stereocenters. The lowest BCUT2D eigenvalue weighted by atomic mass is 10.1. The molecule has 0 spiro atoms. The van der Waals surface area contributed by atoms with Gasteiger partial charge in [0.05, 0.1) is 5.70 Å². The minimum absolute atomic E-state index is 0.809. The Balaban J connectivity index is 0.000000336. The smallest absolute Gasteiger partial charge is 0.138 e. The van der Waals surface area contributed by atoms with Crippen LogP contribution in [0.5, 0.6) is 0 Å². The fourth-order valence-electron chi connectivity index (χ4n) is 1.30. The molecule has 0 amide bonds. The largest absolute Gasteiger partial charge is 0.490 e. The van der Waals surface area contributed by atoms with E-state index in [1.165, 1.54) is 5.70 Å². The van der Waals surface area contributed by atoms with Crippen molar-refractivity contribution in [2.75, 3.05) is 13.2 Å². The summed E-state index contributed by atoms with van der Waals surface area (Å²) in [5.74, 6) is 1.05. The lowest BCUT2D eigenvalue weighted by molar-refractivity contribution is 0.194. The van der Waals surface area contributed by atoms with E-state index in [2.05, 4.69) is 17.5 Å². The van der Waals surface area contributed by atoms with E-state index in [0.717, 1.165) is 31.8 Å². The molecule has 0 aromatic carbocycles. The first-order valence-electron chi connectivity index (χ1n) is 4.74. The maximum Gasteiger partial charge on any atom is 0.138 e. The average molecular weight is 167 g/mol. The molecule has 0 saturated carbocycles. The molecule has 0 unspecified atom stereocenters. The number of fused-ring (bicyclic) bond motifs is 1. The molecule has 2 nitrogen and oxygen atoms in total. The van der Waals surface area contributed by atoms with Crippen LogP contribution in [0, 0.1) is 0 Å². The van der Waals surface area contributed by atoms with Gasteiger partial charge in [0.2, 0.25) is 0 Å². The third kappa shape index (κ3) is 2.03. The Morgan fingerprint density at radius 2 is 2.00 bits per heavy atom. The van der Waals surface area contributed by atoms with Gasteiger partial charge in [-0.15, -0.1) is 0 Å². The minimum Gasteiger partial charge on any atom is -0.490 e. The molecule has 1 saturated heterocycles. The molecule has 1 aliphatic carbocycles. The Kier molecular flexibility index (Phi) is 3.71. The summed E-state index contributed by atoms with van der Waals surface area (Å²) >= 11 is 0. The van der Waals surface area contributed by atoms with Gasteiger partial charge in [-0.2, -0.15) is 0 Å². The Bertz CT molecular complexity index is 172. The van der Waals surface area contributed by atoms with Crippen LogP contribution in [0.4, 0.5) is 0 Å². The summed E-state index contributed by atoms with van der Waals surface area (Å²) in [7, 11) is 0. The van der Waals surface area contributed by atoms with Gasteiger partial charge in [-0.25, -0.2) is 0 Å². The molecule has 1 aliphatic heterocycles. The molecule has 0 bridgehead atoms. The van der Waals surface area contributed by atoms with Gasteiger partial charge >= 0.3 is 0 Å². The van der Waals surface area contributed by atoms with Crippen molar-refractivity contribution < 1.29 is 4.74 Å². The molecule has 1 fully saturated rings. The third-order valence-corrected chi connectivity index (χ3v) is 1.79. The summed E-state index contributed by atoms with van der Waals surface area (Å²) in [6.45, 7) is 5.76. The van der Waals surface area contributed by atoms with E-state index in [0.29, 0.717) is 0 Å². The molecule has 1 heterocycles. The van der Waals surface area contributed by atoms with E-state index in [1.54, 1.807) is 0 Å². The monoisotopic (exact) mass is 167 g/mol. The van der Waals surface area contributed by atoms with Crippen LogP contribution >= 0.6 is 0 Å². The van der Waals surface area contributed by atoms with Gasteiger partial charge in [0.1, 0.15) is 12.4 Å². The summed E-state index contributed by atoms with van der Waals surface area (Å²) in [5.41, 5.74) is 1.19. The van der Waals surface area contributed by atoms with Gasteiger partial charge in [-0.1, -0.05) is 19.9 Å². The van der Waals surface area contributed by atoms with Crippen molar-refractivity contribution in [2.24, 2.45) is 0 Å². The SMILES string of the molecule is C1=C2NCCOC2=CCC1.CC. The fourth-order valence-corrected chi connectivity index (χ4v) is 1.30. The van der Waals surface area contributed by atoms with Crippen molar-refractivity contribution >= 4 is 0 Å². The summed E-state index contributed by atoms with van der Waals surface area (Å²) in [5, 5.41) is 3.29. The van der Waals surface area contributed by atoms with Crippen molar-refractivity contribution in [2.45, 2.75) is 26.7 Å². The van der Waals surface area contributed by atoms with Crippen LogP contribution in [0.3, 0.4) is 0 Å². The highest BCUT2D eigenvalue weighted by Gasteiger charge is 2.13. The zero-order valence-electron chi connectivity index (χ0n) is 7.89. The number of ether oxygens (including phenoxy) is 1. The quantitative estimate of drug-likeness (QED) is 0.597. The first-order chi connectivity index (χ1) is 5.97. The number of rotatable bonds is 0. The second-order valence-electron chi connectivity index (χ2n) is 2.54. The van der Waals surface area contributed by atoms with E-state index in [-0.39, 0.29) is 0 Å². The number of hydrogen-bond acceptors (Lipinski definition) is 2. The second-order valence-corrected chi connectivity index (χ2v) is 2.54. The summed E-state index contributed by atoms with van der Waals surface area (Å²) in [4.78, 5) is 0. The lowest BCUT2D eigenvalue weighted by Crippen LogP contribution is -2.28. The van der Waals surface area contributed by atoms with Crippen LogP contribution in [-0.2, 0) is 4.74 Å². The van der Waals surface area contributed by atoms with E-state index in [9.17, 15) is 0 Å². The van der Waals surface area contributed by atoms with E-state index < -0.39 is 0 Å². The van der Waals surface area contributed by atoms with Crippen LogP contribution in [0.1, 0.15) is 26.7 Å². The third-order valence-electron chi connectivity index (χ3n) is 1.79. The maximum atomic E-state index is 5.41. The maximum absolute atomic E-state index is 5.41. The van der Waals surface area contributed by atoms with E-state index in [1.807, 2.05) is 13.8 Å². The second kappa shape index (κ2) is 4.86. The average Bonchev–Trinajstić information content (AvgIpc) is 2.21. The van der Waals surface area contributed by atoms with Gasteiger partial charge in [-0.05, 0) is 18.9 Å². The number of nitrogens with one attached hydrogen (secondary N) is 1. The molecule has 0 aromatic heterocycles.